The summed E-state index contributed by atoms with van der Waals surface area (Å²) in [5.74, 6) is 0.934. The van der Waals surface area contributed by atoms with Crippen molar-refractivity contribution >= 4 is 15.9 Å². The fourth-order valence-electron chi connectivity index (χ4n) is 2.31. The summed E-state index contributed by atoms with van der Waals surface area (Å²) in [6.45, 7) is 1.36. The van der Waals surface area contributed by atoms with Crippen LogP contribution in [0.25, 0.3) is 0 Å². The molecule has 0 spiro atoms. The van der Waals surface area contributed by atoms with E-state index in [2.05, 4.69) is 21.0 Å². The number of rotatable bonds is 2. The standard InChI is InChI=1S/C13H14BrN3O/c14-11-6-4-10(5-7-11)9-17-13(18)16-8-2-1-3-12(16)15-17/h4-7H,1-3,8-9H2. The summed E-state index contributed by atoms with van der Waals surface area (Å²) >= 11 is 3.40. The van der Waals surface area contributed by atoms with Crippen LogP contribution in [0.2, 0.25) is 0 Å². The van der Waals surface area contributed by atoms with Crippen LogP contribution in [0.1, 0.15) is 24.2 Å². The van der Waals surface area contributed by atoms with Gasteiger partial charge in [-0.2, -0.15) is 5.10 Å². The summed E-state index contributed by atoms with van der Waals surface area (Å²) in [5.41, 5.74) is 1.11. The average molecular weight is 308 g/mol. The largest absolute Gasteiger partial charge is 0.346 e. The third-order valence-electron chi connectivity index (χ3n) is 3.28. The summed E-state index contributed by atoms with van der Waals surface area (Å²) in [6.07, 6.45) is 3.13. The Bertz CT molecular complexity index is 612. The Kier molecular flexibility index (Phi) is 3.07. The van der Waals surface area contributed by atoms with Crippen LogP contribution < -0.4 is 5.69 Å². The van der Waals surface area contributed by atoms with Crippen molar-refractivity contribution in [3.63, 3.8) is 0 Å². The topological polar surface area (TPSA) is 39.8 Å². The first-order chi connectivity index (χ1) is 8.74. The van der Waals surface area contributed by atoms with Crippen LogP contribution in [0.3, 0.4) is 0 Å². The molecule has 0 unspecified atom stereocenters. The van der Waals surface area contributed by atoms with Gasteiger partial charge in [0.25, 0.3) is 0 Å². The lowest BCUT2D eigenvalue weighted by atomic mass is 10.2. The molecule has 0 saturated heterocycles. The number of hydrogen-bond acceptors (Lipinski definition) is 2. The zero-order chi connectivity index (χ0) is 12.5. The highest BCUT2D eigenvalue weighted by molar-refractivity contribution is 9.10. The number of aryl methyl sites for hydroxylation is 1. The van der Waals surface area contributed by atoms with Crippen molar-refractivity contribution in [3.8, 4) is 0 Å². The Morgan fingerprint density at radius 2 is 2.00 bits per heavy atom. The van der Waals surface area contributed by atoms with E-state index in [9.17, 15) is 4.79 Å². The van der Waals surface area contributed by atoms with Gasteiger partial charge >= 0.3 is 5.69 Å². The van der Waals surface area contributed by atoms with Crippen molar-refractivity contribution in [2.24, 2.45) is 0 Å². The van der Waals surface area contributed by atoms with Crippen molar-refractivity contribution in [2.75, 3.05) is 0 Å². The minimum Gasteiger partial charge on any atom is -0.279 e. The molecule has 0 radical (unpaired) electrons. The van der Waals surface area contributed by atoms with E-state index in [-0.39, 0.29) is 5.69 Å². The molecule has 94 valence electrons. The second-order valence-electron chi connectivity index (χ2n) is 4.59. The zero-order valence-corrected chi connectivity index (χ0v) is 11.6. The SMILES string of the molecule is O=c1n(Cc2ccc(Br)cc2)nc2n1CCCC2. The van der Waals surface area contributed by atoms with E-state index in [0.29, 0.717) is 6.54 Å². The van der Waals surface area contributed by atoms with E-state index in [0.717, 1.165) is 41.7 Å². The lowest BCUT2D eigenvalue weighted by molar-refractivity contribution is 0.511. The van der Waals surface area contributed by atoms with Gasteiger partial charge in [0, 0.05) is 17.4 Å². The molecule has 0 N–H and O–H groups in total. The molecular formula is C13H14BrN3O. The van der Waals surface area contributed by atoms with Gasteiger partial charge in [-0.25, -0.2) is 9.48 Å². The van der Waals surface area contributed by atoms with E-state index in [1.54, 1.807) is 4.68 Å². The summed E-state index contributed by atoms with van der Waals surface area (Å²) in [5, 5.41) is 4.42. The molecule has 1 aliphatic rings. The van der Waals surface area contributed by atoms with Crippen molar-refractivity contribution in [2.45, 2.75) is 32.4 Å². The molecule has 1 aliphatic heterocycles. The zero-order valence-electron chi connectivity index (χ0n) is 9.97. The number of benzene rings is 1. The number of hydrogen-bond donors (Lipinski definition) is 0. The second-order valence-corrected chi connectivity index (χ2v) is 5.51. The fraction of sp³-hybridized carbons (Fsp3) is 0.385. The molecule has 2 heterocycles. The third kappa shape index (κ3) is 2.14. The molecule has 18 heavy (non-hydrogen) atoms. The highest BCUT2D eigenvalue weighted by atomic mass is 79.9. The van der Waals surface area contributed by atoms with Gasteiger partial charge in [0.15, 0.2) is 0 Å². The Labute approximate surface area is 113 Å². The molecule has 2 aromatic rings. The van der Waals surface area contributed by atoms with Gasteiger partial charge < -0.3 is 0 Å². The van der Waals surface area contributed by atoms with Crippen LogP contribution in [-0.4, -0.2) is 14.3 Å². The van der Waals surface area contributed by atoms with Crippen molar-refractivity contribution in [1.29, 1.82) is 0 Å². The Balaban J connectivity index is 1.91. The lowest BCUT2D eigenvalue weighted by Gasteiger charge is -2.09. The maximum Gasteiger partial charge on any atom is 0.346 e. The maximum atomic E-state index is 12.1. The number of nitrogens with zero attached hydrogens (tertiary/aromatic N) is 3. The van der Waals surface area contributed by atoms with Crippen LogP contribution in [0, 0.1) is 0 Å². The number of halogens is 1. The molecule has 0 atom stereocenters. The first-order valence-corrected chi connectivity index (χ1v) is 6.94. The second kappa shape index (κ2) is 4.72. The monoisotopic (exact) mass is 307 g/mol. The highest BCUT2D eigenvalue weighted by Gasteiger charge is 2.16. The van der Waals surface area contributed by atoms with Gasteiger partial charge in [-0.15, -0.1) is 0 Å². The van der Waals surface area contributed by atoms with Gasteiger partial charge in [0.2, 0.25) is 0 Å². The van der Waals surface area contributed by atoms with Gasteiger partial charge in [0.1, 0.15) is 5.82 Å². The normalized spacial score (nSPS) is 14.5. The molecule has 5 heteroatoms. The predicted molar refractivity (Wildman–Crippen MR) is 72.7 cm³/mol. The van der Waals surface area contributed by atoms with Gasteiger partial charge in [0.05, 0.1) is 6.54 Å². The van der Waals surface area contributed by atoms with E-state index in [1.807, 2.05) is 28.8 Å². The Morgan fingerprint density at radius 1 is 1.22 bits per heavy atom. The molecule has 0 saturated carbocycles. The van der Waals surface area contributed by atoms with Gasteiger partial charge in [-0.1, -0.05) is 28.1 Å². The van der Waals surface area contributed by atoms with Crippen molar-refractivity contribution < 1.29 is 0 Å². The molecule has 3 rings (SSSR count). The van der Waals surface area contributed by atoms with E-state index in [1.165, 1.54) is 0 Å². The molecule has 0 amide bonds. The van der Waals surface area contributed by atoms with Crippen LogP contribution >= 0.6 is 15.9 Å². The summed E-state index contributed by atoms with van der Waals surface area (Å²) in [6, 6.07) is 7.98. The summed E-state index contributed by atoms with van der Waals surface area (Å²) in [4.78, 5) is 12.1. The Morgan fingerprint density at radius 3 is 2.72 bits per heavy atom. The first-order valence-electron chi connectivity index (χ1n) is 6.15. The minimum atomic E-state index is 0.0209. The van der Waals surface area contributed by atoms with Gasteiger partial charge in [-0.3, -0.25) is 4.57 Å². The molecule has 0 aliphatic carbocycles. The maximum absolute atomic E-state index is 12.1. The van der Waals surface area contributed by atoms with Crippen LogP contribution in [-0.2, 0) is 19.5 Å². The molecule has 0 bridgehead atoms. The number of fused-ring (bicyclic) bond motifs is 1. The van der Waals surface area contributed by atoms with E-state index >= 15 is 0 Å². The fourth-order valence-corrected chi connectivity index (χ4v) is 2.58. The van der Waals surface area contributed by atoms with E-state index in [4.69, 9.17) is 0 Å². The highest BCUT2D eigenvalue weighted by Crippen LogP contribution is 2.12. The van der Waals surface area contributed by atoms with E-state index < -0.39 is 0 Å². The number of aromatic nitrogens is 3. The van der Waals surface area contributed by atoms with Crippen molar-refractivity contribution in [1.82, 2.24) is 14.3 Å². The predicted octanol–water partition coefficient (Wildman–Crippen LogP) is 2.19. The quantitative estimate of drug-likeness (QED) is 0.853. The molecule has 1 aromatic carbocycles. The smallest absolute Gasteiger partial charge is 0.279 e. The molecule has 4 nitrogen and oxygen atoms in total. The van der Waals surface area contributed by atoms with Crippen LogP contribution in [0.4, 0.5) is 0 Å². The summed E-state index contributed by atoms with van der Waals surface area (Å²) < 4.78 is 4.43. The minimum absolute atomic E-state index is 0.0209. The molecule has 1 aromatic heterocycles. The molecule has 0 fully saturated rings. The van der Waals surface area contributed by atoms with Crippen LogP contribution in [0.15, 0.2) is 33.5 Å². The molecular weight excluding hydrogens is 294 g/mol. The van der Waals surface area contributed by atoms with Crippen molar-refractivity contribution in [3.05, 3.63) is 50.6 Å². The van der Waals surface area contributed by atoms with Crippen LogP contribution in [0.5, 0.6) is 0 Å². The Hall–Kier alpha value is -1.36. The average Bonchev–Trinajstić information content (AvgIpc) is 2.70. The first kappa shape index (κ1) is 11.7. The lowest BCUT2D eigenvalue weighted by Crippen LogP contribution is -2.27. The summed E-state index contributed by atoms with van der Waals surface area (Å²) in [7, 11) is 0. The third-order valence-corrected chi connectivity index (χ3v) is 3.81. The van der Waals surface area contributed by atoms with Gasteiger partial charge in [-0.05, 0) is 30.5 Å².